The molecular weight excluding hydrogens is 306 g/mol. The molecule has 0 aliphatic carbocycles. The fraction of sp³-hybridized carbons (Fsp3) is 0.526. The summed E-state index contributed by atoms with van der Waals surface area (Å²) in [6.07, 6.45) is 3.48. The lowest BCUT2D eigenvalue weighted by Crippen LogP contribution is -2.35. The Morgan fingerprint density at radius 3 is 2.71 bits per heavy atom. The van der Waals surface area contributed by atoms with Crippen LogP contribution in [0.5, 0.6) is 11.5 Å². The second-order valence-corrected chi connectivity index (χ2v) is 5.99. The fourth-order valence-electron chi connectivity index (χ4n) is 2.96. The van der Waals surface area contributed by atoms with Crippen molar-refractivity contribution in [3.05, 3.63) is 36.4 Å². The average molecular weight is 333 g/mol. The molecule has 5 heteroatoms. The number of ketones is 1. The van der Waals surface area contributed by atoms with Crippen molar-refractivity contribution in [1.29, 1.82) is 0 Å². The van der Waals surface area contributed by atoms with Crippen molar-refractivity contribution in [2.75, 3.05) is 40.5 Å². The summed E-state index contributed by atoms with van der Waals surface area (Å²) in [7, 11) is 3.27. The SMILES string of the molecule is C=CCN(CC(=O)C1CCOCC1)Cc1ccc(OC)cc1OC. The van der Waals surface area contributed by atoms with E-state index in [9.17, 15) is 4.79 Å². The monoisotopic (exact) mass is 333 g/mol. The van der Waals surface area contributed by atoms with Crippen LogP contribution in [0, 0.1) is 5.92 Å². The summed E-state index contributed by atoms with van der Waals surface area (Å²) >= 11 is 0. The van der Waals surface area contributed by atoms with E-state index < -0.39 is 0 Å². The number of benzene rings is 1. The van der Waals surface area contributed by atoms with Gasteiger partial charge in [0.1, 0.15) is 17.3 Å². The highest BCUT2D eigenvalue weighted by atomic mass is 16.5. The summed E-state index contributed by atoms with van der Waals surface area (Å²) in [6.45, 7) is 6.89. The van der Waals surface area contributed by atoms with Gasteiger partial charge in [-0.25, -0.2) is 0 Å². The summed E-state index contributed by atoms with van der Waals surface area (Å²) in [5.74, 6) is 1.92. The number of carbonyl (C=O) groups is 1. The highest BCUT2D eigenvalue weighted by Crippen LogP contribution is 2.26. The van der Waals surface area contributed by atoms with Crippen LogP contribution in [-0.2, 0) is 16.1 Å². The van der Waals surface area contributed by atoms with E-state index in [1.165, 1.54) is 0 Å². The van der Waals surface area contributed by atoms with Crippen molar-refractivity contribution >= 4 is 5.78 Å². The Morgan fingerprint density at radius 2 is 2.08 bits per heavy atom. The van der Waals surface area contributed by atoms with Gasteiger partial charge < -0.3 is 14.2 Å². The molecule has 0 radical (unpaired) electrons. The quantitative estimate of drug-likeness (QED) is 0.650. The first kappa shape index (κ1) is 18.5. The maximum Gasteiger partial charge on any atom is 0.150 e. The Kier molecular flexibility index (Phi) is 7.28. The first-order chi connectivity index (χ1) is 11.7. The molecule has 1 aliphatic heterocycles. The molecule has 5 nitrogen and oxygen atoms in total. The largest absolute Gasteiger partial charge is 0.497 e. The Hall–Kier alpha value is -1.85. The second-order valence-electron chi connectivity index (χ2n) is 5.99. The van der Waals surface area contributed by atoms with Crippen molar-refractivity contribution in [3.8, 4) is 11.5 Å². The highest BCUT2D eigenvalue weighted by molar-refractivity contribution is 5.83. The van der Waals surface area contributed by atoms with Crippen LogP contribution in [0.25, 0.3) is 0 Å². The molecular formula is C19H27NO4. The zero-order valence-electron chi connectivity index (χ0n) is 14.6. The number of ether oxygens (including phenoxy) is 3. The molecule has 132 valence electrons. The Labute approximate surface area is 144 Å². The van der Waals surface area contributed by atoms with Gasteiger partial charge >= 0.3 is 0 Å². The summed E-state index contributed by atoms with van der Waals surface area (Å²) < 4.78 is 16.0. The molecule has 0 bridgehead atoms. The van der Waals surface area contributed by atoms with E-state index in [0.717, 1.165) is 29.9 Å². The molecule has 0 unspecified atom stereocenters. The van der Waals surface area contributed by atoms with Crippen LogP contribution in [0.4, 0.5) is 0 Å². The van der Waals surface area contributed by atoms with Gasteiger partial charge in [-0.2, -0.15) is 0 Å². The van der Waals surface area contributed by atoms with Crippen molar-refractivity contribution in [1.82, 2.24) is 4.90 Å². The van der Waals surface area contributed by atoms with Crippen molar-refractivity contribution in [2.24, 2.45) is 5.92 Å². The van der Waals surface area contributed by atoms with Crippen molar-refractivity contribution in [2.45, 2.75) is 19.4 Å². The van der Waals surface area contributed by atoms with Gasteiger partial charge in [0.2, 0.25) is 0 Å². The third-order valence-corrected chi connectivity index (χ3v) is 4.33. The van der Waals surface area contributed by atoms with Gasteiger partial charge in [-0.05, 0) is 18.9 Å². The fourth-order valence-corrected chi connectivity index (χ4v) is 2.96. The molecule has 24 heavy (non-hydrogen) atoms. The first-order valence-corrected chi connectivity index (χ1v) is 8.32. The maximum absolute atomic E-state index is 12.5. The number of rotatable bonds is 9. The number of hydrogen-bond donors (Lipinski definition) is 0. The van der Waals surface area contributed by atoms with Crippen LogP contribution in [0.3, 0.4) is 0 Å². The molecule has 1 heterocycles. The molecule has 0 amide bonds. The van der Waals surface area contributed by atoms with Gasteiger partial charge in [-0.3, -0.25) is 9.69 Å². The van der Waals surface area contributed by atoms with Gasteiger partial charge in [-0.1, -0.05) is 12.1 Å². The smallest absolute Gasteiger partial charge is 0.150 e. The van der Waals surface area contributed by atoms with E-state index in [1.807, 2.05) is 24.3 Å². The van der Waals surface area contributed by atoms with Crippen molar-refractivity contribution in [3.63, 3.8) is 0 Å². The molecule has 0 N–H and O–H groups in total. The molecule has 1 fully saturated rings. The molecule has 1 saturated heterocycles. The highest BCUT2D eigenvalue weighted by Gasteiger charge is 2.23. The van der Waals surface area contributed by atoms with Crippen LogP contribution in [0.2, 0.25) is 0 Å². The molecule has 0 spiro atoms. The minimum absolute atomic E-state index is 0.115. The van der Waals surface area contributed by atoms with E-state index in [4.69, 9.17) is 14.2 Å². The molecule has 0 aromatic heterocycles. The van der Waals surface area contributed by atoms with E-state index in [0.29, 0.717) is 32.8 Å². The first-order valence-electron chi connectivity index (χ1n) is 8.32. The summed E-state index contributed by atoms with van der Waals surface area (Å²) in [6, 6.07) is 5.75. The number of methoxy groups -OCH3 is 2. The number of hydrogen-bond acceptors (Lipinski definition) is 5. The van der Waals surface area contributed by atoms with Crippen LogP contribution in [0.15, 0.2) is 30.9 Å². The minimum Gasteiger partial charge on any atom is -0.497 e. The lowest BCUT2D eigenvalue weighted by molar-refractivity contribution is -0.126. The van der Waals surface area contributed by atoms with Crippen LogP contribution in [0.1, 0.15) is 18.4 Å². The number of nitrogens with zero attached hydrogens (tertiary/aromatic N) is 1. The molecule has 2 rings (SSSR count). The van der Waals surface area contributed by atoms with Gasteiger partial charge in [0.15, 0.2) is 0 Å². The standard InChI is InChI=1S/C19H27NO4/c1-4-9-20(14-18(21)15-7-10-24-11-8-15)13-16-5-6-17(22-2)12-19(16)23-3/h4-6,12,15H,1,7-11,13-14H2,2-3H3. The van der Waals surface area contributed by atoms with Gasteiger partial charge in [0.25, 0.3) is 0 Å². The van der Waals surface area contributed by atoms with Gasteiger partial charge in [0.05, 0.1) is 20.8 Å². The molecule has 1 aromatic rings. The second kappa shape index (κ2) is 9.45. The summed E-state index contributed by atoms with van der Waals surface area (Å²) in [5, 5.41) is 0. The van der Waals surface area contributed by atoms with Gasteiger partial charge in [0, 0.05) is 43.9 Å². The molecule has 0 atom stereocenters. The Bertz CT molecular complexity index is 552. The lowest BCUT2D eigenvalue weighted by atomic mass is 9.95. The number of carbonyl (C=O) groups excluding carboxylic acids is 1. The van der Waals surface area contributed by atoms with Crippen LogP contribution >= 0.6 is 0 Å². The Balaban J connectivity index is 2.04. The van der Waals surface area contributed by atoms with E-state index in [-0.39, 0.29) is 11.7 Å². The predicted octanol–water partition coefficient (Wildman–Crippen LogP) is 2.69. The van der Waals surface area contributed by atoms with E-state index >= 15 is 0 Å². The summed E-state index contributed by atoms with van der Waals surface area (Å²) in [4.78, 5) is 14.6. The number of Topliss-reactive ketones (excluding diaryl/α,β-unsaturated/α-hetero) is 1. The Morgan fingerprint density at radius 1 is 1.33 bits per heavy atom. The third kappa shape index (κ3) is 5.08. The van der Waals surface area contributed by atoms with E-state index in [2.05, 4.69) is 11.5 Å². The molecule has 1 aromatic carbocycles. The maximum atomic E-state index is 12.5. The lowest BCUT2D eigenvalue weighted by Gasteiger charge is -2.26. The zero-order chi connectivity index (χ0) is 17.4. The summed E-state index contributed by atoms with van der Waals surface area (Å²) in [5.41, 5.74) is 1.03. The molecule has 1 aliphatic rings. The predicted molar refractivity (Wildman–Crippen MR) is 93.6 cm³/mol. The average Bonchev–Trinajstić information content (AvgIpc) is 2.62. The minimum atomic E-state index is 0.115. The molecule has 0 saturated carbocycles. The zero-order valence-corrected chi connectivity index (χ0v) is 14.6. The van der Waals surface area contributed by atoms with Crippen LogP contribution < -0.4 is 9.47 Å². The topological polar surface area (TPSA) is 48.0 Å². The van der Waals surface area contributed by atoms with Gasteiger partial charge in [-0.15, -0.1) is 6.58 Å². The normalized spacial score (nSPS) is 15.3. The van der Waals surface area contributed by atoms with E-state index in [1.54, 1.807) is 14.2 Å². The third-order valence-electron chi connectivity index (χ3n) is 4.33. The van der Waals surface area contributed by atoms with Crippen molar-refractivity contribution < 1.29 is 19.0 Å². The van der Waals surface area contributed by atoms with Crippen LogP contribution in [-0.4, -0.2) is 51.2 Å².